The van der Waals surface area contributed by atoms with E-state index in [0.717, 1.165) is 18.7 Å². The van der Waals surface area contributed by atoms with E-state index in [1.807, 2.05) is 12.1 Å². The average molecular weight is 254 g/mol. The van der Waals surface area contributed by atoms with Crippen LogP contribution in [0.3, 0.4) is 0 Å². The summed E-state index contributed by atoms with van der Waals surface area (Å²) in [6, 6.07) is 16.7. The van der Waals surface area contributed by atoms with Gasteiger partial charge in [-0.25, -0.2) is 0 Å². The van der Waals surface area contributed by atoms with E-state index in [2.05, 4.69) is 48.6 Å². The summed E-state index contributed by atoms with van der Waals surface area (Å²) in [7, 11) is 0. The van der Waals surface area contributed by atoms with Crippen molar-refractivity contribution in [2.75, 3.05) is 17.6 Å². The Bertz CT molecular complexity index is 473. The Morgan fingerprint density at radius 1 is 1.00 bits per heavy atom. The third-order valence-corrected chi connectivity index (χ3v) is 3.19. The number of hydrogen-bond acceptors (Lipinski definition) is 2. The van der Waals surface area contributed by atoms with Crippen LogP contribution in [0.5, 0.6) is 0 Å². The molecule has 2 nitrogen and oxygen atoms in total. The molecule has 0 saturated heterocycles. The van der Waals surface area contributed by atoms with Crippen molar-refractivity contribution in [3.63, 3.8) is 0 Å². The van der Waals surface area contributed by atoms with E-state index in [1.165, 1.54) is 29.7 Å². The average Bonchev–Trinajstić information content (AvgIpc) is 2.38. The van der Waals surface area contributed by atoms with E-state index in [-0.39, 0.29) is 0 Å². The Hall–Kier alpha value is -1.96. The van der Waals surface area contributed by atoms with Gasteiger partial charge in [0.15, 0.2) is 0 Å². The molecule has 3 N–H and O–H groups in total. The third-order valence-electron chi connectivity index (χ3n) is 3.19. The minimum atomic E-state index is 0.857. The van der Waals surface area contributed by atoms with Crippen molar-refractivity contribution < 1.29 is 0 Å². The standard InChI is InChI=1S/C17H22N2/c1-14-6-4-10-17(12-14)19-11-3-2-7-15-8-5-9-16(18)13-15/h4-6,8-10,12-13,19H,2-3,7,11,18H2,1H3. The van der Waals surface area contributed by atoms with E-state index in [1.54, 1.807) is 0 Å². The number of unbranched alkanes of at least 4 members (excludes halogenated alkanes) is 1. The lowest BCUT2D eigenvalue weighted by Crippen LogP contribution is -2.02. The number of benzene rings is 2. The van der Waals surface area contributed by atoms with Crippen LogP contribution in [0.25, 0.3) is 0 Å². The van der Waals surface area contributed by atoms with Gasteiger partial charge < -0.3 is 11.1 Å². The second kappa shape index (κ2) is 6.83. The molecule has 0 aliphatic heterocycles. The first-order chi connectivity index (χ1) is 9.24. The number of nitrogens with two attached hydrogens (primary N) is 1. The van der Waals surface area contributed by atoms with E-state index >= 15 is 0 Å². The van der Waals surface area contributed by atoms with Gasteiger partial charge in [-0.3, -0.25) is 0 Å². The zero-order valence-corrected chi connectivity index (χ0v) is 11.5. The summed E-state index contributed by atoms with van der Waals surface area (Å²) >= 11 is 0. The molecule has 0 atom stereocenters. The molecule has 0 saturated carbocycles. The van der Waals surface area contributed by atoms with Crippen LogP contribution < -0.4 is 11.1 Å². The Kier molecular flexibility index (Phi) is 4.85. The molecule has 0 spiro atoms. The van der Waals surface area contributed by atoms with Gasteiger partial charge in [-0.2, -0.15) is 0 Å². The molecule has 0 aliphatic rings. The van der Waals surface area contributed by atoms with Crippen LogP contribution in [0.15, 0.2) is 48.5 Å². The normalized spacial score (nSPS) is 10.4. The van der Waals surface area contributed by atoms with Crippen molar-refractivity contribution in [1.29, 1.82) is 0 Å². The fourth-order valence-corrected chi connectivity index (χ4v) is 2.19. The van der Waals surface area contributed by atoms with Crippen molar-refractivity contribution >= 4 is 11.4 Å². The molecule has 2 heteroatoms. The number of nitrogen functional groups attached to an aromatic ring is 1. The Morgan fingerprint density at radius 3 is 2.63 bits per heavy atom. The van der Waals surface area contributed by atoms with Crippen LogP contribution in [-0.4, -0.2) is 6.54 Å². The lowest BCUT2D eigenvalue weighted by Gasteiger charge is -2.07. The highest BCUT2D eigenvalue weighted by Gasteiger charge is 1.95. The molecule has 0 aromatic heterocycles. The Morgan fingerprint density at radius 2 is 1.84 bits per heavy atom. The maximum absolute atomic E-state index is 5.77. The van der Waals surface area contributed by atoms with Gasteiger partial charge in [-0.1, -0.05) is 24.3 Å². The summed E-state index contributed by atoms with van der Waals surface area (Å²) in [5, 5.41) is 3.46. The van der Waals surface area contributed by atoms with Gasteiger partial charge in [0.1, 0.15) is 0 Å². The van der Waals surface area contributed by atoms with Crippen LogP contribution in [-0.2, 0) is 6.42 Å². The SMILES string of the molecule is Cc1cccc(NCCCCc2cccc(N)c2)c1. The highest BCUT2D eigenvalue weighted by molar-refractivity contribution is 5.45. The van der Waals surface area contributed by atoms with Crippen molar-refractivity contribution in [2.24, 2.45) is 0 Å². The zero-order valence-electron chi connectivity index (χ0n) is 11.5. The van der Waals surface area contributed by atoms with Crippen molar-refractivity contribution in [3.05, 3.63) is 59.7 Å². The number of aryl methyl sites for hydroxylation is 2. The van der Waals surface area contributed by atoms with Gasteiger partial charge in [0.05, 0.1) is 0 Å². The predicted molar refractivity (Wildman–Crippen MR) is 83.5 cm³/mol. The first-order valence-electron chi connectivity index (χ1n) is 6.89. The molecule has 0 heterocycles. The summed E-state index contributed by atoms with van der Waals surface area (Å²) in [6.07, 6.45) is 3.45. The highest BCUT2D eigenvalue weighted by Crippen LogP contribution is 2.11. The molecule has 0 aliphatic carbocycles. The van der Waals surface area contributed by atoms with Crippen LogP contribution in [0.4, 0.5) is 11.4 Å². The molecular formula is C17H22N2. The molecule has 2 aromatic carbocycles. The maximum Gasteiger partial charge on any atom is 0.0342 e. The minimum Gasteiger partial charge on any atom is -0.399 e. The lowest BCUT2D eigenvalue weighted by atomic mass is 10.1. The molecular weight excluding hydrogens is 232 g/mol. The smallest absolute Gasteiger partial charge is 0.0342 e. The second-order valence-corrected chi connectivity index (χ2v) is 5.00. The first-order valence-corrected chi connectivity index (χ1v) is 6.89. The van der Waals surface area contributed by atoms with E-state index in [9.17, 15) is 0 Å². The first kappa shape index (κ1) is 13.5. The zero-order chi connectivity index (χ0) is 13.5. The predicted octanol–water partition coefficient (Wildman–Crippen LogP) is 4.01. The maximum atomic E-state index is 5.77. The number of hydrogen-bond donors (Lipinski definition) is 2. The molecule has 0 amide bonds. The summed E-state index contributed by atoms with van der Waals surface area (Å²) in [5.74, 6) is 0. The number of anilines is 2. The third kappa shape index (κ3) is 4.66. The van der Waals surface area contributed by atoms with Gasteiger partial charge >= 0.3 is 0 Å². The summed E-state index contributed by atoms with van der Waals surface area (Å²) in [6.45, 7) is 3.14. The van der Waals surface area contributed by atoms with Crippen molar-refractivity contribution in [1.82, 2.24) is 0 Å². The highest BCUT2D eigenvalue weighted by atomic mass is 14.9. The molecule has 2 aromatic rings. The van der Waals surface area contributed by atoms with Gasteiger partial charge in [0.25, 0.3) is 0 Å². The number of nitrogens with one attached hydrogen (secondary N) is 1. The lowest BCUT2D eigenvalue weighted by molar-refractivity contribution is 0.763. The fraction of sp³-hybridized carbons (Fsp3) is 0.294. The van der Waals surface area contributed by atoms with Crippen molar-refractivity contribution in [3.8, 4) is 0 Å². The molecule has 19 heavy (non-hydrogen) atoms. The molecule has 0 unspecified atom stereocenters. The topological polar surface area (TPSA) is 38.0 Å². The number of rotatable bonds is 6. The van der Waals surface area contributed by atoms with Crippen LogP contribution >= 0.6 is 0 Å². The summed E-state index contributed by atoms with van der Waals surface area (Å²) in [4.78, 5) is 0. The monoisotopic (exact) mass is 254 g/mol. The van der Waals surface area contributed by atoms with Gasteiger partial charge in [0.2, 0.25) is 0 Å². The van der Waals surface area contributed by atoms with Crippen LogP contribution in [0.2, 0.25) is 0 Å². The molecule has 2 rings (SSSR count). The van der Waals surface area contributed by atoms with Gasteiger partial charge in [-0.15, -0.1) is 0 Å². The largest absolute Gasteiger partial charge is 0.399 e. The molecule has 100 valence electrons. The van der Waals surface area contributed by atoms with Crippen LogP contribution in [0.1, 0.15) is 24.0 Å². The molecule has 0 radical (unpaired) electrons. The fourth-order valence-electron chi connectivity index (χ4n) is 2.19. The van der Waals surface area contributed by atoms with Crippen LogP contribution in [0, 0.1) is 6.92 Å². The molecule has 0 fully saturated rings. The molecule has 0 bridgehead atoms. The van der Waals surface area contributed by atoms with Gasteiger partial charge in [-0.05, 0) is 61.6 Å². The second-order valence-electron chi connectivity index (χ2n) is 5.00. The Labute approximate surface area is 115 Å². The summed E-state index contributed by atoms with van der Waals surface area (Å²) < 4.78 is 0. The van der Waals surface area contributed by atoms with E-state index in [4.69, 9.17) is 5.73 Å². The Balaban J connectivity index is 1.67. The summed E-state index contributed by atoms with van der Waals surface area (Å²) in [5.41, 5.74) is 10.5. The van der Waals surface area contributed by atoms with E-state index < -0.39 is 0 Å². The quantitative estimate of drug-likeness (QED) is 0.603. The van der Waals surface area contributed by atoms with E-state index in [0.29, 0.717) is 0 Å². The van der Waals surface area contributed by atoms with Crippen molar-refractivity contribution in [2.45, 2.75) is 26.2 Å². The van der Waals surface area contributed by atoms with Gasteiger partial charge in [0, 0.05) is 17.9 Å². The minimum absolute atomic E-state index is 0.857.